The number of unbranched alkanes of at least 4 members (excludes halogenated alkanes) is 2. The number of nitrogens with one attached hydrogen (secondary N) is 1. The van der Waals surface area contributed by atoms with E-state index in [0.717, 1.165) is 15.1 Å². The fraction of sp³-hybridized carbons (Fsp3) is 0.600. The first-order valence-electron chi connectivity index (χ1n) is 6.87. The molecule has 0 aliphatic heterocycles. The molecule has 0 saturated carbocycles. The molecule has 18 heavy (non-hydrogen) atoms. The second-order valence-corrected chi connectivity index (χ2v) is 6.25. The summed E-state index contributed by atoms with van der Waals surface area (Å²) in [6, 6.07) is 6.87. The minimum atomic E-state index is 0.450. The van der Waals surface area contributed by atoms with E-state index in [2.05, 4.69) is 60.0 Å². The van der Waals surface area contributed by atoms with E-state index in [1.165, 1.54) is 37.7 Å². The molecule has 0 aromatic heterocycles. The molecule has 0 bridgehead atoms. The Balaban J connectivity index is 2.70. The summed E-state index contributed by atoms with van der Waals surface area (Å²) in [5.74, 6) is 0. The molecule has 0 amide bonds. The first-order valence-corrected chi connectivity index (χ1v) is 8.33. The molecule has 0 radical (unpaired) electrons. The third-order valence-electron chi connectivity index (χ3n) is 3.08. The van der Waals surface area contributed by atoms with Gasteiger partial charge in [0.25, 0.3) is 0 Å². The molecule has 0 saturated heterocycles. The van der Waals surface area contributed by atoms with Crippen LogP contribution in [0.1, 0.15) is 57.6 Å². The number of hydrogen-bond donors (Lipinski definition) is 1. The highest BCUT2D eigenvalue weighted by Gasteiger charge is 2.11. The lowest BCUT2D eigenvalue weighted by Crippen LogP contribution is -2.22. The van der Waals surface area contributed by atoms with Crippen molar-refractivity contribution in [3.05, 3.63) is 32.4 Å². The molecule has 0 aliphatic carbocycles. The van der Waals surface area contributed by atoms with Crippen molar-refractivity contribution in [1.82, 2.24) is 5.32 Å². The Morgan fingerprint density at radius 2 is 2.00 bits per heavy atom. The van der Waals surface area contributed by atoms with Crippen molar-refractivity contribution in [3.8, 4) is 0 Å². The highest BCUT2D eigenvalue weighted by atomic mass is 127. The predicted molar refractivity (Wildman–Crippen MR) is 89.3 cm³/mol. The van der Waals surface area contributed by atoms with Gasteiger partial charge in [-0.15, -0.1) is 0 Å². The predicted octanol–water partition coefficient (Wildman–Crippen LogP) is 5.57. The Labute approximate surface area is 130 Å². The summed E-state index contributed by atoms with van der Waals surface area (Å²) in [5.41, 5.74) is 1.32. The van der Waals surface area contributed by atoms with E-state index in [1.54, 1.807) is 0 Å². The van der Waals surface area contributed by atoms with Gasteiger partial charge < -0.3 is 5.32 Å². The summed E-state index contributed by atoms with van der Waals surface area (Å²) in [4.78, 5) is 0. The van der Waals surface area contributed by atoms with Crippen molar-refractivity contribution < 1.29 is 0 Å². The zero-order valence-corrected chi connectivity index (χ0v) is 14.2. The maximum Gasteiger partial charge on any atom is 0.0542 e. The average molecular weight is 380 g/mol. The van der Waals surface area contributed by atoms with Crippen molar-refractivity contribution in [1.29, 1.82) is 0 Å². The van der Waals surface area contributed by atoms with Crippen LogP contribution in [-0.4, -0.2) is 6.54 Å². The Morgan fingerprint density at radius 3 is 2.61 bits per heavy atom. The Morgan fingerprint density at radius 1 is 1.22 bits per heavy atom. The number of rotatable bonds is 8. The van der Waals surface area contributed by atoms with Crippen molar-refractivity contribution in [2.24, 2.45) is 0 Å². The lowest BCUT2D eigenvalue weighted by molar-refractivity contribution is 0.474. The third-order valence-corrected chi connectivity index (χ3v) is 4.66. The molecule has 0 fully saturated rings. The molecule has 1 aromatic rings. The maximum absolute atomic E-state index is 6.22. The molecule has 3 heteroatoms. The van der Waals surface area contributed by atoms with Crippen molar-refractivity contribution in [2.75, 3.05) is 6.54 Å². The normalized spacial score (nSPS) is 12.7. The molecule has 1 nitrogen and oxygen atoms in total. The molecule has 1 unspecified atom stereocenters. The fourth-order valence-electron chi connectivity index (χ4n) is 2.03. The van der Waals surface area contributed by atoms with E-state index >= 15 is 0 Å². The summed E-state index contributed by atoms with van der Waals surface area (Å²) >= 11 is 8.49. The molecule has 1 atom stereocenters. The summed E-state index contributed by atoms with van der Waals surface area (Å²) in [7, 11) is 0. The highest BCUT2D eigenvalue weighted by Crippen LogP contribution is 2.26. The van der Waals surface area contributed by atoms with Crippen molar-refractivity contribution in [2.45, 2.75) is 52.0 Å². The SMILES string of the molecule is CCCCCC(NCCC)c1ccc(I)c(Cl)c1. The van der Waals surface area contributed by atoms with E-state index < -0.39 is 0 Å². The van der Waals surface area contributed by atoms with Gasteiger partial charge >= 0.3 is 0 Å². The van der Waals surface area contributed by atoms with Crippen LogP contribution in [0.5, 0.6) is 0 Å². The minimum absolute atomic E-state index is 0.450. The Bertz CT molecular complexity index is 354. The van der Waals surface area contributed by atoms with E-state index in [0.29, 0.717) is 6.04 Å². The minimum Gasteiger partial charge on any atom is -0.310 e. The van der Waals surface area contributed by atoms with Gasteiger partial charge in [-0.2, -0.15) is 0 Å². The van der Waals surface area contributed by atoms with Crippen LogP contribution in [0, 0.1) is 3.57 Å². The molecular weight excluding hydrogens is 357 g/mol. The van der Waals surface area contributed by atoms with Gasteiger partial charge in [0.2, 0.25) is 0 Å². The van der Waals surface area contributed by atoms with Crippen LogP contribution in [0.15, 0.2) is 18.2 Å². The quantitative estimate of drug-likeness (QED) is 0.460. The molecule has 0 aliphatic rings. The zero-order valence-electron chi connectivity index (χ0n) is 11.3. The van der Waals surface area contributed by atoms with Gasteiger partial charge in [-0.05, 0) is 59.7 Å². The first kappa shape index (κ1) is 16.3. The van der Waals surface area contributed by atoms with Crippen LogP contribution >= 0.6 is 34.2 Å². The molecule has 1 rings (SSSR count). The fourth-order valence-corrected chi connectivity index (χ4v) is 2.56. The zero-order chi connectivity index (χ0) is 13.4. The Hall–Kier alpha value is 0.200. The summed E-state index contributed by atoms with van der Waals surface area (Å²) in [6.07, 6.45) is 6.23. The van der Waals surface area contributed by atoms with Gasteiger partial charge in [0, 0.05) is 9.61 Å². The average Bonchev–Trinajstić information content (AvgIpc) is 2.37. The molecule has 0 spiro atoms. The second-order valence-electron chi connectivity index (χ2n) is 4.68. The molecule has 1 aromatic carbocycles. The van der Waals surface area contributed by atoms with Crippen LogP contribution < -0.4 is 5.32 Å². The van der Waals surface area contributed by atoms with Gasteiger partial charge in [-0.1, -0.05) is 50.8 Å². The van der Waals surface area contributed by atoms with Gasteiger partial charge in [0.15, 0.2) is 0 Å². The molecular formula is C15H23ClIN. The lowest BCUT2D eigenvalue weighted by Gasteiger charge is -2.19. The highest BCUT2D eigenvalue weighted by molar-refractivity contribution is 14.1. The number of benzene rings is 1. The Kier molecular flexibility index (Phi) is 8.27. The van der Waals surface area contributed by atoms with E-state index in [-0.39, 0.29) is 0 Å². The summed E-state index contributed by atoms with van der Waals surface area (Å²) in [5, 5.41) is 4.50. The first-order chi connectivity index (χ1) is 8.69. The van der Waals surface area contributed by atoms with Crippen LogP contribution in [0.25, 0.3) is 0 Å². The van der Waals surface area contributed by atoms with Crippen molar-refractivity contribution >= 4 is 34.2 Å². The standard InChI is InChI=1S/C15H23ClIN/c1-3-5-6-7-15(18-10-4-2)12-8-9-14(17)13(16)11-12/h8-9,11,15,18H,3-7,10H2,1-2H3. The van der Waals surface area contributed by atoms with E-state index in [9.17, 15) is 0 Å². The van der Waals surface area contributed by atoms with Gasteiger partial charge in [0.1, 0.15) is 0 Å². The summed E-state index contributed by atoms with van der Waals surface area (Å²) in [6.45, 7) is 5.52. The third kappa shape index (κ3) is 5.45. The van der Waals surface area contributed by atoms with Crippen LogP contribution in [-0.2, 0) is 0 Å². The molecule has 0 heterocycles. The van der Waals surface area contributed by atoms with Crippen LogP contribution in [0.4, 0.5) is 0 Å². The van der Waals surface area contributed by atoms with E-state index in [1.807, 2.05) is 0 Å². The lowest BCUT2D eigenvalue weighted by atomic mass is 10.0. The topological polar surface area (TPSA) is 12.0 Å². The van der Waals surface area contributed by atoms with Gasteiger partial charge in [-0.25, -0.2) is 0 Å². The van der Waals surface area contributed by atoms with Gasteiger partial charge in [-0.3, -0.25) is 0 Å². The van der Waals surface area contributed by atoms with Gasteiger partial charge in [0.05, 0.1) is 5.02 Å². The number of halogens is 2. The smallest absolute Gasteiger partial charge is 0.0542 e. The molecule has 1 N–H and O–H groups in total. The summed E-state index contributed by atoms with van der Waals surface area (Å²) < 4.78 is 1.13. The second kappa shape index (κ2) is 9.16. The van der Waals surface area contributed by atoms with Crippen LogP contribution in [0.3, 0.4) is 0 Å². The van der Waals surface area contributed by atoms with Crippen LogP contribution in [0.2, 0.25) is 5.02 Å². The monoisotopic (exact) mass is 379 g/mol. The maximum atomic E-state index is 6.22. The van der Waals surface area contributed by atoms with E-state index in [4.69, 9.17) is 11.6 Å². The molecule has 102 valence electrons. The largest absolute Gasteiger partial charge is 0.310 e. The number of hydrogen-bond acceptors (Lipinski definition) is 1. The van der Waals surface area contributed by atoms with Crippen molar-refractivity contribution in [3.63, 3.8) is 0 Å².